The van der Waals surface area contributed by atoms with Gasteiger partial charge in [0.25, 0.3) is 0 Å². The molecule has 4 nitrogen and oxygen atoms in total. The highest BCUT2D eigenvalue weighted by atomic mass is 19.4. The predicted molar refractivity (Wildman–Crippen MR) is 119 cm³/mol. The van der Waals surface area contributed by atoms with Gasteiger partial charge in [0.05, 0.1) is 0 Å². The van der Waals surface area contributed by atoms with Crippen molar-refractivity contribution in [1.29, 1.82) is 0 Å². The van der Waals surface area contributed by atoms with E-state index in [4.69, 9.17) is 4.74 Å². The Bertz CT molecular complexity index is 1150. The van der Waals surface area contributed by atoms with Crippen LogP contribution in [-0.4, -0.2) is 30.0 Å². The highest BCUT2D eigenvalue weighted by molar-refractivity contribution is 5.53. The minimum absolute atomic E-state index is 0.0113. The lowest BCUT2D eigenvalue weighted by atomic mass is 10.1. The van der Waals surface area contributed by atoms with Crippen molar-refractivity contribution in [2.75, 3.05) is 4.90 Å². The smallest absolute Gasteiger partial charge is 0.457 e. The van der Waals surface area contributed by atoms with Gasteiger partial charge in [0.2, 0.25) is 6.23 Å². The third-order valence-corrected chi connectivity index (χ3v) is 5.04. The highest BCUT2D eigenvalue weighted by Crippen LogP contribution is 2.34. The maximum absolute atomic E-state index is 13.5. The van der Waals surface area contributed by atoms with E-state index in [0.29, 0.717) is 10.6 Å². The molecule has 1 N–H and O–H groups in total. The van der Waals surface area contributed by atoms with E-state index in [9.17, 15) is 35.8 Å². The predicted octanol–water partition coefficient (Wildman–Crippen LogP) is 7.17. The molecule has 0 amide bonds. The van der Waals surface area contributed by atoms with Crippen LogP contribution in [0, 0.1) is 0 Å². The minimum atomic E-state index is -5.07. The van der Waals surface area contributed by atoms with Crippen LogP contribution >= 0.6 is 0 Å². The van der Waals surface area contributed by atoms with Crippen LogP contribution in [-0.2, 0) is 13.0 Å². The van der Waals surface area contributed by atoms with Gasteiger partial charge in [-0.2, -0.15) is 30.7 Å². The number of benzene rings is 3. The number of aryl methyl sites for hydroxylation is 1. The molecule has 1 atom stereocenters. The van der Waals surface area contributed by atoms with Crippen LogP contribution < -0.4 is 14.4 Å². The Hall–Kier alpha value is -3.47. The molecule has 0 aliphatic rings. The first kappa shape index (κ1) is 27.1. The average molecular weight is 517 g/mol. The second kappa shape index (κ2) is 11.1. The Balaban J connectivity index is 1.90. The van der Waals surface area contributed by atoms with Crippen molar-refractivity contribution in [3.8, 4) is 17.2 Å². The molecule has 3 aromatic rings. The number of aliphatic hydroxyl groups is 1. The molecule has 11 heteroatoms. The van der Waals surface area contributed by atoms with Gasteiger partial charge in [0.15, 0.2) is 0 Å². The lowest BCUT2D eigenvalue weighted by Gasteiger charge is -2.31. The molecule has 0 heterocycles. The fourth-order valence-electron chi connectivity index (χ4n) is 3.29. The number of rotatable bonds is 10. The first-order valence-corrected chi connectivity index (χ1v) is 10.7. The fourth-order valence-corrected chi connectivity index (χ4v) is 3.29. The summed E-state index contributed by atoms with van der Waals surface area (Å²) < 4.78 is 102. The number of halogens is 7. The Kier molecular flexibility index (Phi) is 8.34. The molecule has 0 fully saturated rings. The van der Waals surface area contributed by atoms with E-state index in [-0.39, 0.29) is 17.0 Å². The first-order chi connectivity index (χ1) is 16.9. The topological polar surface area (TPSA) is 41.9 Å². The van der Waals surface area contributed by atoms with Crippen LogP contribution in [0.2, 0.25) is 0 Å². The molecule has 0 aliphatic carbocycles. The van der Waals surface area contributed by atoms with Gasteiger partial charge in [-0.25, -0.2) is 0 Å². The van der Waals surface area contributed by atoms with Gasteiger partial charge in [-0.3, -0.25) is 0 Å². The molecule has 3 aromatic carbocycles. The van der Waals surface area contributed by atoms with Crippen molar-refractivity contribution < 1.29 is 45.3 Å². The second-order valence-corrected chi connectivity index (χ2v) is 7.76. The van der Waals surface area contributed by atoms with Crippen molar-refractivity contribution in [2.24, 2.45) is 0 Å². The monoisotopic (exact) mass is 517 g/mol. The summed E-state index contributed by atoms with van der Waals surface area (Å²) in [7, 11) is 0. The normalized spacial score (nSPS) is 12.9. The summed E-state index contributed by atoms with van der Waals surface area (Å²) in [5, 5.41) is 10.0. The summed E-state index contributed by atoms with van der Waals surface area (Å²) in [5.41, 5.74) is 0.883. The fraction of sp³-hybridized carbons (Fsp3) is 0.280. The molecule has 0 saturated heterocycles. The lowest BCUT2D eigenvalue weighted by Crippen LogP contribution is -2.45. The van der Waals surface area contributed by atoms with Crippen LogP contribution in [0.15, 0.2) is 72.8 Å². The summed E-state index contributed by atoms with van der Waals surface area (Å²) in [4.78, 5) is 0.569. The molecule has 0 saturated carbocycles. The molecule has 36 heavy (non-hydrogen) atoms. The van der Waals surface area contributed by atoms with Crippen LogP contribution in [0.25, 0.3) is 0 Å². The summed E-state index contributed by atoms with van der Waals surface area (Å²) in [6, 6.07) is 16.9. The molecular formula is C25H22F7NO3. The summed E-state index contributed by atoms with van der Waals surface area (Å²) in [5.74, 6) is -0.0276. The van der Waals surface area contributed by atoms with E-state index in [1.54, 1.807) is 18.2 Å². The molecule has 3 rings (SSSR count). The van der Waals surface area contributed by atoms with Crippen molar-refractivity contribution in [3.05, 3.63) is 83.9 Å². The number of anilines is 1. The van der Waals surface area contributed by atoms with Gasteiger partial charge in [-0.05, 0) is 53.9 Å². The number of hydrogen-bond acceptors (Lipinski definition) is 4. The van der Waals surface area contributed by atoms with E-state index in [0.717, 1.165) is 30.2 Å². The molecule has 0 aliphatic heterocycles. The summed E-state index contributed by atoms with van der Waals surface area (Å²) in [6.07, 6.45) is -16.2. The van der Waals surface area contributed by atoms with Gasteiger partial charge >= 0.3 is 18.7 Å². The van der Waals surface area contributed by atoms with Gasteiger partial charge in [0, 0.05) is 18.3 Å². The Morgan fingerprint density at radius 1 is 0.806 bits per heavy atom. The van der Waals surface area contributed by atoms with Crippen LogP contribution in [0.1, 0.15) is 18.1 Å². The van der Waals surface area contributed by atoms with E-state index in [1.165, 1.54) is 30.3 Å². The van der Waals surface area contributed by atoms with E-state index >= 15 is 0 Å². The lowest BCUT2D eigenvalue weighted by molar-refractivity contribution is -0.253. The molecule has 0 spiro atoms. The molecular weight excluding hydrogens is 495 g/mol. The quantitative estimate of drug-likeness (QED) is 0.229. The Morgan fingerprint density at radius 2 is 1.36 bits per heavy atom. The number of alkyl halides is 7. The standard InChI is InChI=1S/C25H22F7NO3/c1-2-16-6-3-9-19(12-16)35-20-10-5-8-18(14-20)33(23(34)24(28,29)30)15-17-7-4-11-21(13-17)36-25(31,32)22(26)27/h3-14,22-23,34H,2,15H2,1H3/t23-/m0/s1. The van der Waals surface area contributed by atoms with Crippen molar-refractivity contribution in [1.82, 2.24) is 0 Å². The number of ether oxygens (including phenoxy) is 2. The number of hydrogen-bond donors (Lipinski definition) is 1. The number of nitrogens with zero attached hydrogens (tertiary/aromatic N) is 1. The van der Waals surface area contributed by atoms with Gasteiger partial charge in [0.1, 0.15) is 17.2 Å². The van der Waals surface area contributed by atoms with Gasteiger partial charge < -0.3 is 19.5 Å². The first-order valence-electron chi connectivity index (χ1n) is 10.7. The van der Waals surface area contributed by atoms with Crippen molar-refractivity contribution >= 4 is 5.69 Å². The highest BCUT2D eigenvalue weighted by Gasteiger charge is 2.44. The zero-order chi connectivity index (χ0) is 26.5. The minimum Gasteiger partial charge on any atom is -0.457 e. The van der Waals surface area contributed by atoms with Crippen LogP contribution in [0.4, 0.5) is 36.4 Å². The molecule has 0 aromatic heterocycles. The van der Waals surface area contributed by atoms with Crippen LogP contribution in [0.5, 0.6) is 17.2 Å². The number of aliphatic hydroxyl groups excluding tert-OH is 1. The molecule has 0 bridgehead atoms. The third kappa shape index (κ3) is 7.03. The zero-order valence-electron chi connectivity index (χ0n) is 18.9. The van der Waals surface area contributed by atoms with Gasteiger partial charge in [-0.1, -0.05) is 37.3 Å². The maximum Gasteiger partial charge on any atom is 0.461 e. The Labute approximate surface area is 202 Å². The van der Waals surface area contributed by atoms with E-state index < -0.39 is 37.2 Å². The largest absolute Gasteiger partial charge is 0.461 e. The van der Waals surface area contributed by atoms with Crippen LogP contribution in [0.3, 0.4) is 0 Å². The summed E-state index contributed by atoms with van der Waals surface area (Å²) in [6.45, 7) is 1.33. The summed E-state index contributed by atoms with van der Waals surface area (Å²) >= 11 is 0. The van der Waals surface area contributed by atoms with Crippen molar-refractivity contribution in [2.45, 2.75) is 44.8 Å². The maximum atomic E-state index is 13.5. The van der Waals surface area contributed by atoms with Crippen molar-refractivity contribution in [3.63, 3.8) is 0 Å². The van der Waals surface area contributed by atoms with E-state index in [2.05, 4.69) is 4.74 Å². The SMILES string of the molecule is CCc1cccc(Oc2cccc(N(Cc3cccc(OC(F)(F)C(F)F)c3)[C@@H](O)C(F)(F)F)c2)c1. The molecule has 194 valence electrons. The molecule has 0 radical (unpaired) electrons. The second-order valence-electron chi connectivity index (χ2n) is 7.76. The van der Waals surface area contributed by atoms with E-state index in [1.807, 2.05) is 13.0 Å². The Morgan fingerprint density at radius 3 is 1.97 bits per heavy atom. The average Bonchev–Trinajstić information content (AvgIpc) is 2.81. The zero-order valence-corrected chi connectivity index (χ0v) is 18.9. The third-order valence-electron chi connectivity index (χ3n) is 5.04. The molecule has 0 unspecified atom stereocenters. The van der Waals surface area contributed by atoms with Gasteiger partial charge in [-0.15, -0.1) is 0 Å².